The van der Waals surface area contributed by atoms with Gasteiger partial charge in [-0.3, -0.25) is 0 Å². The van der Waals surface area contributed by atoms with E-state index in [1.807, 2.05) is 42.5 Å². The lowest BCUT2D eigenvalue weighted by Crippen LogP contribution is -2.04. The summed E-state index contributed by atoms with van der Waals surface area (Å²) in [4.78, 5) is 0. The van der Waals surface area contributed by atoms with Crippen LogP contribution in [-0.4, -0.2) is 7.11 Å². The minimum absolute atomic E-state index is 0.836. The molecule has 3 rings (SSSR count). The van der Waals surface area contributed by atoms with Crippen LogP contribution in [0.3, 0.4) is 0 Å². The van der Waals surface area contributed by atoms with Crippen LogP contribution >= 0.6 is 0 Å². The van der Waals surface area contributed by atoms with Crippen molar-refractivity contribution in [2.24, 2.45) is 0 Å². The van der Waals surface area contributed by atoms with E-state index >= 15 is 0 Å². The molecule has 2 heteroatoms. The van der Waals surface area contributed by atoms with Crippen LogP contribution in [0.25, 0.3) is 5.76 Å². The van der Waals surface area contributed by atoms with Crippen LogP contribution < -0.4 is 9.47 Å². The molecule has 0 unspecified atom stereocenters. The molecule has 0 spiro atoms. The summed E-state index contributed by atoms with van der Waals surface area (Å²) in [5.41, 5.74) is 2.21. The van der Waals surface area contributed by atoms with E-state index in [0.717, 1.165) is 29.2 Å². The van der Waals surface area contributed by atoms with E-state index in [-0.39, 0.29) is 0 Å². The van der Waals surface area contributed by atoms with Crippen molar-refractivity contribution in [3.63, 3.8) is 0 Å². The van der Waals surface area contributed by atoms with Gasteiger partial charge in [0.15, 0.2) is 0 Å². The second kappa shape index (κ2) is 4.57. The predicted octanol–water partition coefficient (Wildman–Crippen LogP) is 3.67. The van der Waals surface area contributed by atoms with Gasteiger partial charge < -0.3 is 9.47 Å². The maximum Gasteiger partial charge on any atom is 0.134 e. The number of rotatable bonds is 2. The van der Waals surface area contributed by atoms with Gasteiger partial charge in [-0.15, -0.1) is 0 Å². The Labute approximate surface area is 106 Å². The van der Waals surface area contributed by atoms with E-state index in [1.165, 1.54) is 5.56 Å². The third-order valence-electron chi connectivity index (χ3n) is 3.07. The Hall–Kier alpha value is -2.22. The average Bonchev–Trinajstić information content (AvgIpc) is 2.46. The van der Waals surface area contributed by atoms with E-state index in [4.69, 9.17) is 9.47 Å². The summed E-state index contributed by atoms with van der Waals surface area (Å²) >= 11 is 0. The summed E-state index contributed by atoms with van der Waals surface area (Å²) in [7, 11) is 1.68. The molecule has 0 saturated carbocycles. The number of methoxy groups -OCH3 is 1. The number of allylic oxidation sites excluding steroid dienone is 1. The SMILES string of the molecule is COc1ccccc1C1=CCc2ccccc2O1. The zero-order chi connectivity index (χ0) is 12.4. The maximum atomic E-state index is 5.94. The lowest BCUT2D eigenvalue weighted by molar-refractivity contribution is 0.408. The Balaban J connectivity index is 1.98. The highest BCUT2D eigenvalue weighted by Gasteiger charge is 2.15. The van der Waals surface area contributed by atoms with Crippen LogP contribution in [0, 0.1) is 0 Å². The zero-order valence-electron chi connectivity index (χ0n) is 10.2. The highest BCUT2D eigenvalue weighted by Crippen LogP contribution is 2.33. The first-order chi connectivity index (χ1) is 8.88. The first kappa shape index (κ1) is 10.9. The molecule has 0 amide bonds. The first-order valence-electron chi connectivity index (χ1n) is 5.98. The molecule has 2 aromatic rings. The van der Waals surface area contributed by atoms with E-state index in [0.29, 0.717) is 0 Å². The van der Waals surface area contributed by atoms with Crippen molar-refractivity contribution in [3.8, 4) is 11.5 Å². The molecule has 0 N–H and O–H groups in total. The second-order valence-corrected chi connectivity index (χ2v) is 4.18. The molecule has 1 heterocycles. The Morgan fingerprint density at radius 1 is 1.00 bits per heavy atom. The molecule has 0 bridgehead atoms. The third-order valence-corrected chi connectivity index (χ3v) is 3.07. The molecule has 2 aromatic carbocycles. The second-order valence-electron chi connectivity index (χ2n) is 4.18. The van der Waals surface area contributed by atoms with Gasteiger partial charge in [0.25, 0.3) is 0 Å². The quantitative estimate of drug-likeness (QED) is 0.794. The van der Waals surface area contributed by atoms with Crippen molar-refractivity contribution in [2.45, 2.75) is 6.42 Å². The smallest absolute Gasteiger partial charge is 0.134 e. The fraction of sp³-hybridized carbons (Fsp3) is 0.125. The fourth-order valence-corrected chi connectivity index (χ4v) is 2.15. The predicted molar refractivity (Wildman–Crippen MR) is 71.7 cm³/mol. The number of fused-ring (bicyclic) bond motifs is 1. The van der Waals surface area contributed by atoms with Crippen molar-refractivity contribution in [3.05, 3.63) is 65.7 Å². The van der Waals surface area contributed by atoms with E-state index in [9.17, 15) is 0 Å². The lowest BCUT2D eigenvalue weighted by atomic mass is 10.0. The number of ether oxygens (including phenoxy) is 2. The van der Waals surface area contributed by atoms with Crippen LogP contribution in [0.2, 0.25) is 0 Å². The van der Waals surface area contributed by atoms with E-state index in [1.54, 1.807) is 7.11 Å². The normalized spacial score (nSPS) is 13.3. The molecule has 0 radical (unpaired) electrons. The molecule has 0 aromatic heterocycles. The van der Waals surface area contributed by atoms with Gasteiger partial charge in [0, 0.05) is 0 Å². The van der Waals surface area contributed by atoms with Gasteiger partial charge in [-0.1, -0.05) is 30.3 Å². The Morgan fingerprint density at radius 2 is 1.78 bits per heavy atom. The number of hydrogen-bond donors (Lipinski definition) is 0. The first-order valence-corrected chi connectivity index (χ1v) is 5.98. The van der Waals surface area contributed by atoms with Crippen LogP contribution in [0.15, 0.2) is 54.6 Å². The maximum absolute atomic E-state index is 5.94. The molecule has 90 valence electrons. The minimum atomic E-state index is 0.836. The van der Waals surface area contributed by atoms with Crippen molar-refractivity contribution in [2.75, 3.05) is 7.11 Å². The van der Waals surface area contributed by atoms with Gasteiger partial charge >= 0.3 is 0 Å². The van der Waals surface area contributed by atoms with E-state index in [2.05, 4.69) is 12.1 Å². The van der Waals surface area contributed by atoms with Crippen molar-refractivity contribution in [1.82, 2.24) is 0 Å². The Morgan fingerprint density at radius 3 is 2.67 bits per heavy atom. The highest BCUT2D eigenvalue weighted by molar-refractivity contribution is 5.69. The summed E-state index contributed by atoms with van der Waals surface area (Å²) in [6.07, 6.45) is 2.99. The van der Waals surface area contributed by atoms with Crippen molar-refractivity contribution < 1.29 is 9.47 Å². The average molecular weight is 238 g/mol. The molecule has 1 aliphatic rings. The Kier molecular flexibility index (Phi) is 2.77. The molecule has 18 heavy (non-hydrogen) atoms. The van der Waals surface area contributed by atoms with Gasteiger partial charge in [-0.25, -0.2) is 0 Å². The molecular formula is C16H14O2. The van der Waals surface area contributed by atoms with Gasteiger partial charge in [0.05, 0.1) is 12.7 Å². The fourth-order valence-electron chi connectivity index (χ4n) is 2.15. The van der Waals surface area contributed by atoms with Crippen molar-refractivity contribution in [1.29, 1.82) is 0 Å². The summed E-state index contributed by atoms with van der Waals surface area (Å²) in [6, 6.07) is 16.0. The van der Waals surface area contributed by atoms with Crippen molar-refractivity contribution >= 4 is 5.76 Å². The van der Waals surface area contributed by atoms with Crippen LogP contribution in [0.5, 0.6) is 11.5 Å². The summed E-state index contributed by atoms with van der Waals surface area (Å²) in [5, 5.41) is 0. The number of hydrogen-bond acceptors (Lipinski definition) is 2. The molecule has 0 aliphatic carbocycles. The van der Waals surface area contributed by atoms with Crippen LogP contribution in [0.1, 0.15) is 11.1 Å². The van der Waals surface area contributed by atoms with Gasteiger partial charge in [-0.2, -0.15) is 0 Å². The topological polar surface area (TPSA) is 18.5 Å². The zero-order valence-corrected chi connectivity index (χ0v) is 10.2. The van der Waals surface area contributed by atoms with Gasteiger partial charge in [0.2, 0.25) is 0 Å². The molecule has 0 saturated heterocycles. The Bertz CT molecular complexity index is 600. The number of para-hydroxylation sites is 2. The minimum Gasteiger partial charge on any atom is -0.496 e. The highest BCUT2D eigenvalue weighted by atomic mass is 16.5. The van der Waals surface area contributed by atoms with Crippen LogP contribution in [0.4, 0.5) is 0 Å². The standard InChI is InChI=1S/C16H14O2/c1-17-15-9-5-3-7-13(15)16-11-10-12-6-2-4-8-14(12)18-16/h2-9,11H,10H2,1H3. The summed E-state index contributed by atoms with van der Waals surface area (Å²) in [6.45, 7) is 0. The van der Waals surface area contributed by atoms with E-state index < -0.39 is 0 Å². The molecule has 0 atom stereocenters. The van der Waals surface area contributed by atoms with Gasteiger partial charge in [-0.05, 0) is 36.3 Å². The summed E-state index contributed by atoms with van der Waals surface area (Å²) in [5.74, 6) is 2.63. The molecule has 2 nitrogen and oxygen atoms in total. The lowest BCUT2D eigenvalue weighted by Gasteiger charge is -2.19. The molecule has 1 aliphatic heterocycles. The van der Waals surface area contributed by atoms with Crippen LogP contribution in [-0.2, 0) is 6.42 Å². The monoisotopic (exact) mass is 238 g/mol. The summed E-state index contributed by atoms with van der Waals surface area (Å²) < 4.78 is 11.3. The largest absolute Gasteiger partial charge is 0.496 e. The molecular weight excluding hydrogens is 224 g/mol. The number of benzene rings is 2. The third kappa shape index (κ3) is 1.86. The van der Waals surface area contributed by atoms with Gasteiger partial charge in [0.1, 0.15) is 17.3 Å². The molecule has 0 fully saturated rings.